The van der Waals surface area contributed by atoms with Crippen LogP contribution in [0, 0.1) is 0 Å². The van der Waals surface area contributed by atoms with Crippen molar-refractivity contribution in [3.8, 4) is 0 Å². The Morgan fingerprint density at radius 1 is 1.54 bits per heavy atom. The SMILES string of the molecule is CCOC(C)COC(=O)C(C)(F)F. The highest BCUT2D eigenvalue weighted by Gasteiger charge is 2.34. The molecular formula is C8H14F2O3. The number of carbonyl (C=O) groups is 1. The van der Waals surface area contributed by atoms with Gasteiger partial charge < -0.3 is 9.47 Å². The van der Waals surface area contributed by atoms with Gasteiger partial charge in [-0.1, -0.05) is 0 Å². The summed E-state index contributed by atoms with van der Waals surface area (Å²) < 4.78 is 33.8. The monoisotopic (exact) mass is 196 g/mol. The Labute approximate surface area is 76.0 Å². The first kappa shape index (κ1) is 12.3. The number of ether oxygens (including phenoxy) is 2. The Morgan fingerprint density at radius 3 is 2.46 bits per heavy atom. The molecule has 13 heavy (non-hydrogen) atoms. The summed E-state index contributed by atoms with van der Waals surface area (Å²) in [5, 5.41) is 0. The van der Waals surface area contributed by atoms with E-state index >= 15 is 0 Å². The summed E-state index contributed by atoms with van der Waals surface area (Å²) in [6, 6.07) is 0. The van der Waals surface area contributed by atoms with Crippen molar-refractivity contribution >= 4 is 5.97 Å². The summed E-state index contributed by atoms with van der Waals surface area (Å²) in [6.07, 6.45) is -0.351. The lowest BCUT2D eigenvalue weighted by Crippen LogP contribution is -2.30. The fourth-order valence-electron chi connectivity index (χ4n) is 0.652. The van der Waals surface area contributed by atoms with Crippen LogP contribution in [-0.4, -0.2) is 31.2 Å². The van der Waals surface area contributed by atoms with E-state index in [-0.39, 0.29) is 12.7 Å². The highest BCUT2D eigenvalue weighted by molar-refractivity contribution is 5.76. The molecule has 0 heterocycles. The molecule has 0 aromatic heterocycles. The lowest BCUT2D eigenvalue weighted by molar-refractivity contribution is -0.172. The number of hydrogen-bond acceptors (Lipinski definition) is 3. The van der Waals surface area contributed by atoms with Crippen molar-refractivity contribution in [2.24, 2.45) is 0 Å². The molecule has 0 fully saturated rings. The first-order valence-corrected chi connectivity index (χ1v) is 4.04. The smallest absolute Gasteiger partial charge is 0.376 e. The van der Waals surface area contributed by atoms with Crippen LogP contribution in [-0.2, 0) is 14.3 Å². The molecule has 5 heteroatoms. The molecule has 0 aliphatic carbocycles. The average Bonchev–Trinajstić information content (AvgIpc) is 1.99. The van der Waals surface area contributed by atoms with Gasteiger partial charge in [-0.2, -0.15) is 8.78 Å². The van der Waals surface area contributed by atoms with E-state index < -0.39 is 11.9 Å². The van der Waals surface area contributed by atoms with E-state index in [4.69, 9.17) is 4.74 Å². The summed E-state index contributed by atoms with van der Waals surface area (Å²) >= 11 is 0. The summed E-state index contributed by atoms with van der Waals surface area (Å²) in [5.74, 6) is -4.94. The first-order chi connectivity index (χ1) is 5.88. The van der Waals surface area contributed by atoms with E-state index in [0.29, 0.717) is 13.5 Å². The standard InChI is InChI=1S/C8H14F2O3/c1-4-12-6(2)5-13-7(11)8(3,9)10/h6H,4-5H2,1-3H3. The molecular weight excluding hydrogens is 182 g/mol. The van der Waals surface area contributed by atoms with Crippen molar-refractivity contribution in [2.75, 3.05) is 13.2 Å². The minimum atomic E-state index is -3.42. The van der Waals surface area contributed by atoms with Crippen LogP contribution >= 0.6 is 0 Å². The summed E-state index contributed by atoms with van der Waals surface area (Å²) in [7, 11) is 0. The Hall–Kier alpha value is -0.710. The molecule has 0 aromatic rings. The Bertz CT molecular complexity index is 165. The maximum atomic E-state index is 12.2. The van der Waals surface area contributed by atoms with Crippen LogP contribution in [0.15, 0.2) is 0 Å². The minimum Gasteiger partial charge on any atom is -0.459 e. The molecule has 0 radical (unpaired) electrons. The zero-order valence-corrected chi connectivity index (χ0v) is 7.97. The van der Waals surface area contributed by atoms with Crippen LogP contribution in [0.2, 0.25) is 0 Å². The predicted octanol–water partition coefficient (Wildman–Crippen LogP) is 1.61. The number of alkyl halides is 2. The molecule has 78 valence electrons. The van der Waals surface area contributed by atoms with Gasteiger partial charge in [0.2, 0.25) is 0 Å². The van der Waals surface area contributed by atoms with Crippen LogP contribution in [0.25, 0.3) is 0 Å². The number of hydrogen-bond donors (Lipinski definition) is 0. The van der Waals surface area contributed by atoms with Gasteiger partial charge in [-0.15, -0.1) is 0 Å². The van der Waals surface area contributed by atoms with Crippen LogP contribution in [0.4, 0.5) is 8.78 Å². The highest BCUT2D eigenvalue weighted by atomic mass is 19.3. The first-order valence-electron chi connectivity index (χ1n) is 4.04. The van der Waals surface area contributed by atoms with Crippen molar-refractivity contribution in [2.45, 2.75) is 32.8 Å². The van der Waals surface area contributed by atoms with Gasteiger partial charge >= 0.3 is 11.9 Å². The number of rotatable bonds is 5. The van der Waals surface area contributed by atoms with Crippen molar-refractivity contribution in [1.82, 2.24) is 0 Å². The number of carbonyl (C=O) groups excluding carboxylic acids is 1. The average molecular weight is 196 g/mol. The van der Waals surface area contributed by atoms with Gasteiger partial charge in [0.05, 0.1) is 6.10 Å². The molecule has 3 nitrogen and oxygen atoms in total. The third-order valence-corrected chi connectivity index (χ3v) is 1.26. The fourth-order valence-corrected chi connectivity index (χ4v) is 0.652. The van der Waals surface area contributed by atoms with E-state index in [0.717, 1.165) is 0 Å². The second-order valence-corrected chi connectivity index (χ2v) is 2.75. The molecule has 0 rings (SSSR count). The molecule has 1 unspecified atom stereocenters. The summed E-state index contributed by atoms with van der Waals surface area (Å²) in [6.45, 7) is 4.23. The Kier molecular flexibility index (Phi) is 4.83. The zero-order chi connectivity index (χ0) is 10.5. The molecule has 0 aliphatic rings. The van der Waals surface area contributed by atoms with Gasteiger partial charge in [0.15, 0.2) is 0 Å². The maximum absolute atomic E-state index is 12.2. The van der Waals surface area contributed by atoms with Crippen LogP contribution < -0.4 is 0 Å². The third-order valence-electron chi connectivity index (χ3n) is 1.26. The van der Waals surface area contributed by atoms with Gasteiger partial charge in [-0.05, 0) is 13.8 Å². The molecule has 0 bridgehead atoms. The molecule has 0 aromatic carbocycles. The van der Waals surface area contributed by atoms with Gasteiger partial charge in [0, 0.05) is 13.5 Å². The zero-order valence-electron chi connectivity index (χ0n) is 7.97. The second-order valence-electron chi connectivity index (χ2n) is 2.75. The van der Waals surface area contributed by atoms with Crippen LogP contribution in [0.1, 0.15) is 20.8 Å². The molecule has 0 saturated heterocycles. The molecule has 0 amide bonds. The largest absolute Gasteiger partial charge is 0.459 e. The van der Waals surface area contributed by atoms with Gasteiger partial charge in [0.1, 0.15) is 6.61 Å². The topological polar surface area (TPSA) is 35.5 Å². The lowest BCUT2D eigenvalue weighted by atomic mass is 10.4. The van der Waals surface area contributed by atoms with Crippen molar-refractivity contribution in [1.29, 1.82) is 0 Å². The molecule has 0 spiro atoms. The van der Waals surface area contributed by atoms with Gasteiger partial charge in [-0.25, -0.2) is 4.79 Å². The molecule has 0 N–H and O–H groups in total. The van der Waals surface area contributed by atoms with Gasteiger partial charge in [-0.3, -0.25) is 0 Å². The lowest BCUT2D eigenvalue weighted by Gasteiger charge is -2.14. The van der Waals surface area contributed by atoms with E-state index in [1.165, 1.54) is 0 Å². The van der Waals surface area contributed by atoms with E-state index in [1.54, 1.807) is 13.8 Å². The van der Waals surface area contributed by atoms with E-state index in [9.17, 15) is 13.6 Å². The van der Waals surface area contributed by atoms with Crippen LogP contribution in [0.5, 0.6) is 0 Å². The predicted molar refractivity (Wildman–Crippen MR) is 42.7 cm³/mol. The van der Waals surface area contributed by atoms with Crippen LogP contribution in [0.3, 0.4) is 0 Å². The van der Waals surface area contributed by atoms with E-state index in [1.807, 2.05) is 0 Å². The normalized spacial score (nSPS) is 13.9. The maximum Gasteiger partial charge on any atom is 0.376 e. The Balaban J connectivity index is 3.71. The summed E-state index contributed by atoms with van der Waals surface area (Å²) in [5.41, 5.74) is 0. The van der Waals surface area contributed by atoms with Crippen molar-refractivity contribution in [3.63, 3.8) is 0 Å². The van der Waals surface area contributed by atoms with Gasteiger partial charge in [0.25, 0.3) is 0 Å². The number of esters is 1. The second kappa shape index (κ2) is 5.11. The molecule has 1 atom stereocenters. The third kappa shape index (κ3) is 5.52. The van der Waals surface area contributed by atoms with Crippen molar-refractivity contribution < 1.29 is 23.0 Å². The minimum absolute atomic E-state index is 0.143. The summed E-state index contributed by atoms with van der Waals surface area (Å²) in [4.78, 5) is 10.5. The quantitative estimate of drug-likeness (QED) is 0.626. The molecule has 0 saturated carbocycles. The molecule has 0 aliphatic heterocycles. The van der Waals surface area contributed by atoms with Crippen molar-refractivity contribution in [3.05, 3.63) is 0 Å². The highest BCUT2D eigenvalue weighted by Crippen LogP contribution is 2.13. The Morgan fingerprint density at radius 2 is 2.08 bits per heavy atom. The fraction of sp³-hybridized carbons (Fsp3) is 0.875. The number of halogens is 2. The van der Waals surface area contributed by atoms with E-state index in [2.05, 4.69) is 4.74 Å².